The van der Waals surface area contributed by atoms with Crippen LogP contribution in [0.25, 0.3) is 0 Å². The minimum atomic E-state index is -4.18. The van der Waals surface area contributed by atoms with Crippen LogP contribution >= 0.6 is 0 Å². The number of hydrogen-bond acceptors (Lipinski definition) is 2. The maximum Gasteiger partial charge on any atom is 0.393 e. The van der Waals surface area contributed by atoms with E-state index in [9.17, 15) is 18.0 Å². The number of alkyl halides is 3. The monoisotopic (exact) mass is 279 g/mol. The summed E-state index contributed by atoms with van der Waals surface area (Å²) in [5, 5.41) is 0. The molecule has 2 aliphatic heterocycles. The molecule has 0 aromatic rings. The lowest BCUT2D eigenvalue weighted by Crippen LogP contribution is -2.52. The highest BCUT2D eigenvalue weighted by Gasteiger charge is 2.45. The number of amides is 2. The molecule has 110 valence electrons. The van der Waals surface area contributed by atoms with E-state index in [1.807, 2.05) is 0 Å². The number of hydrogen-bond donors (Lipinski definition) is 0. The molecule has 0 N–H and O–H groups in total. The molecule has 7 heteroatoms. The SMILES string of the molecule is CCN1CCN(C(=O)N2CCC(C(F)(F)F)C2)CC1. The summed E-state index contributed by atoms with van der Waals surface area (Å²) in [6, 6.07) is -0.234. The minimum Gasteiger partial charge on any atom is -0.324 e. The Morgan fingerprint density at radius 2 is 1.74 bits per heavy atom. The molecule has 2 saturated heterocycles. The summed E-state index contributed by atoms with van der Waals surface area (Å²) in [4.78, 5) is 17.4. The number of urea groups is 1. The molecule has 2 fully saturated rings. The van der Waals surface area contributed by atoms with Gasteiger partial charge in [0.05, 0.1) is 5.92 Å². The van der Waals surface area contributed by atoms with Gasteiger partial charge in [-0.05, 0) is 13.0 Å². The van der Waals surface area contributed by atoms with Gasteiger partial charge in [-0.2, -0.15) is 13.2 Å². The second kappa shape index (κ2) is 5.56. The molecule has 0 spiro atoms. The van der Waals surface area contributed by atoms with Gasteiger partial charge >= 0.3 is 12.2 Å². The van der Waals surface area contributed by atoms with E-state index in [1.165, 1.54) is 4.90 Å². The highest BCUT2D eigenvalue weighted by atomic mass is 19.4. The fourth-order valence-electron chi connectivity index (χ4n) is 2.66. The van der Waals surface area contributed by atoms with Crippen LogP contribution in [0.2, 0.25) is 0 Å². The van der Waals surface area contributed by atoms with Crippen LogP contribution in [0.4, 0.5) is 18.0 Å². The molecule has 2 rings (SSSR count). The smallest absolute Gasteiger partial charge is 0.324 e. The van der Waals surface area contributed by atoms with Crippen LogP contribution in [0.3, 0.4) is 0 Å². The van der Waals surface area contributed by atoms with Crippen LogP contribution in [0, 0.1) is 5.92 Å². The highest BCUT2D eigenvalue weighted by Crippen LogP contribution is 2.33. The minimum absolute atomic E-state index is 0.0319. The Kier molecular flexibility index (Phi) is 4.23. The van der Waals surface area contributed by atoms with Crippen molar-refractivity contribution >= 4 is 6.03 Å². The van der Waals surface area contributed by atoms with Gasteiger partial charge in [-0.3, -0.25) is 0 Å². The summed E-state index contributed by atoms with van der Waals surface area (Å²) in [5.41, 5.74) is 0. The highest BCUT2D eigenvalue weighted by molar-refractivity contribution is 5.75. The number of piperazine rings is 1. The summed E-state index contributed by atoms with van der Waals surface area (Å²) in [5.74, 6) is -1.35. The van der Waals surface area contributed by atoms with E-state index < -0.39 is 12.1 Å². The molecule has 4 nitrogen and oxygen atoms in total. The Hall–Kier alpha value is -0.980. The molecule has 2 heterocycles. The Balaban J connectivity index is 1.85. The quantitative estimate of drug-likeness (QED) is 0.729. The zero-order valence-electron chi connectivity index (χ0n) is 11.1. The van der Waals surface area contributed by atoms with Gasteiger partial charge in [0.1, 0.15) is 0 Å². The van der Waals surface area contributed by atoms with Crippen molar-refractivity contribution in [3.8, 4) is 0 Å². The zero-order chi connectivity index (χ0) is 14.0. The van der Waals surface area contributed by atoms with E-state index in [4.69, 9.17) is 0 Å². The van der Waals surface area contributed by atoms with Gasteiger partial charge in [-0.1, -0.05) is 6.92 Å². The van der Waals surface area contributed by atoms with Crippen molar-refractivity contribution in [2.45, 2.75) is 19.5 Å². The molecule has 1 atom stereocenters. The first-order chi connectivity index (χ1) is 8.91. The average molecular weight is 279 g/mol. The third-order valence-electron chi connectivity index (χ3n) is 4.01. The van der Waals surface area contributed by atoms with E-state index in [-0.39, 0.29) is 25.5 Å². The molecule has 19 heavy (non-hydrogen) atoms. The van der Waals surface area contributed by atoms with E-state index in [1.54, 1.807) is 4.90 Å². The Morgan fingerprint density at radius 3 is 2.21 bits per heavy atom. The first-order valence-electron chi connectivity index (χ1n) is 6.74. The molecule has 0 saturated carbocycles. The van der Waals surface area contributed by atoms with Gasteiger partial charge in [-0.15, -0.1) is 0 Å². The van der Waals surface area contributed by atoms with Crippen molar-refractivity contribution in [3.63, 3.8) is 0 Å². The molecule has 2 amide bonds. The average Bonchev–Trinajstić information content (AvgIpc) is 2.87. The van der Waals surface area contributed by atoms with E-state index in [2.05, 4.69) is 11.8 Å². The summed E-state index contributed by atoms with van der Waals surface area (Å²) in [6.45, 7) is 5.87. The maximum atomic E-state index is 12.6. The van der Waals surface area contributed by atoms with Gasteiger partial charge in [0.2, 0.25) is 0 Å². The van der Waals surface area contributed by atoms with Crippen LogP contribution in [-0.2, 0) is 0 Å². The zero-order valence-corrected chi connectivity index (χ0v) is 11.1. The van der Waals surface area contributed by atoms with Crippen LogP contribution in [-0.4, -0.2) is 72.7 Å². The number of carbonyl (C=O) groups excluding carboxylic acids is 1. The van der Waals surface area contributed by atoms with Crippen molar-refractivity contribution < 1.29 is 18.0 Å². The molecule has 0 radical (unpaired) electrons. The normalized spacial score (nSPS) is 26.0. The molecule has 0 aromatic heterocycles. The van der Waals surface area contributed by atoms with Gasteiger partial charge < -0.3 is 14.7 Å². The second-order valence-corrected chi connectivity index (χ2v) is 5.18. The van der Waals surface area contributed by atoms with E-state index in [0.717, 1.165) is 19.6 Å². The van der Waals surface area contributed by atoms with Crippen LogP contribution in [0.15, 0.2) is 0 Å². The first-order valence-corrected chi connectivity index (χ1v) is 6.74. The van der Waals surface area contributed by atoms with Gasteiger partial charge in [-0.25, -0.2) is 4.79 Å². The number of nitrogens with zero attached hydrogens (tertiary/aromatic N) is 3. The van der Waals surface area contributed by atoms with Crippen molar-refractivity contribution in [2.75, 3.05) is 45.8 Å². The van der Waals surface area contributed by atoms with Crippen LogP contribution in [0.5, 0.6) is 0 Å². The lowest BCUT2D eigenvalue weighted by molar-refractivity contribution is -0.170. The molecule has 0 bridgehead atoms. The van der Waals surface area contributed by atoms with Crippen molar-refractivity contribution in [2.24, 2.45) is 5.92 Å². The molecule has 0 aliphatic carbocycles. The van der Waals surface area contributed by atoms with Crippen molar-refractivity contribution in [3.05, 3.63) is 0 Å². The lowest BCUT2D eigenvalue weighted by atomic mass is 10.1. The molecule has 0 aromatic carbocycles. The topological polar surface area (TPSA) is 26.8 Å². The van der Waals surface area contributed by atoms with Crippen molar-refractivity contribution in [1.29, 1.82) is 0 Å². The summed E-state index contributed by atoms with van der Waals surface area (Å²) in [6.07, 6.45) is -4.15. The third-order valence-corrected chi connectivity index (χ3v) is 4.01. The number of rotatable bonds is 1. The Morgan fingerprint density at radius 1 is 1.11 bits per heavy atom. The van der Waals surface area contributed by atoms with Crippen LogP contribution < -0.4 is 0 Å². The Labute approximate surface area is 111 Å². The predicted octanol–water partition coefficient (Wildman–Crippen LogP) is 1.63. The summed E-state index contributed by atoms with van der Waals surface area (Å²) >= 11 is 0. The van der Waals surface area contributed by atoms with E-state index >= 15 is 0 Å². The first kappa shape index (κ1) is 14.4. The lowest BCUT2D eigenvalue weighted by Gasteiger charge is -2.36. The largest absolute Gasteiger partial charge is 0.393 e. The standard InChI is InChI=1S/C12H20F3N3O/c1-2-16-5-7-17(8-6-16)11(19)18-4-3-10(9-18)12(13,14)15/h10H,2-9H2,1H3. The Bertz CT molecular complexity index is 327. The molecular formula is C12H20F3N3O. The molecule has 2 aliphatic rings. The van der Waals surface area contributed by atoms with Crippen LogP contribution in [0.1, 0.15) is 13.3 Å². The predicted molar refractivity (Wildman–Crippen MR) is 64.8 cm³/mol. The summed E-state index contributed by atoms with van der Waals surface area (Å²) < 4.78 is 37.7. The number of halogens is 3. The fourth-order valence-corrected chi connectivity index (χ4v) is 2.66. The van der Waals surface area contributed by atoms with Gasteiger partial charge in [0.25, 0.3) is 0 Å². The second-order valence-electron chi connectivity index (χ2n) is 5.18. The number of carbonyl (C=O) groups is 1. The third kappa shape index (κ3) is 3.32. The maximum absolute atomic E-state index is 12.6. The van der Waals surface area contributed by atoms with Gasteiger partial charge in [0, 0.05) is 39.3 Å². The number of likely N-dealkylation sites (N-methyl/N-ethyl adjacent to an activating group) is 1. The summed E-state index contributed by atoms with van der Waals surface area (Å²) in [7, 11) is 0. The number of likely N-dealkylation sites (tertiary alicyclic amines) is 1. The van der Waals surface area contributed by atoms with E-state index in [0.29, 0.717) is 13.1 Å². The van der Waals surface area contributed by atoms with Gasteiger partial charge in [0.15, 0.2) is 0 Å². The molecule has 1 unspecified atom stereocenters. The molecular weight excluding hydrogens is 259 g/mol. The fraction of sp³-hybridized carbons (Fsp3) is 0.917. The van der Waals surface area contributed by atoms with Crippen molar-refractivity contribution in [1.82, 2.24) is 14.7 Å².